The highest BCUT2D eigenvalue weighted by Gasteiger charge is 2.78. The third-order valence-electron chi connectivity index (χ3n) is 7.11. The molecule has 162 valence electrons. The van der Waals surface area contributed by atoms with Crippen molar-refractivity contribution in [3.8, 4) is 0 Å². The maximum absolute atomic E-state index is 13.4. The van der Waals surface area contributed by atoms with Gasteiger partial charge in [0.25, 0.3) is 0 Å². The molecule has 8 heteroatoms. The van der Waals surface area contributed by atoms with Gasteiger partial charge in [-0.15, -0.1) is 0 Å². The molecule has 3 saturated heterocycles. The minimum Gasteiger partial charge on any atom is -0.395 e. The third kappa shape index (κ3) is 2.85. The van der Waals surface area contributed by atoms with Crippen molar-refractivity contribution in [1.82, 2.24) is 15.5 Å². The summed E-state index contributed by atoms with van der Waals surface area (Å²) in [5, 5.41) is 15.2. The standard InChI is InChI=1S/C22H29N3O5/c1-3-21-9-10-22(30-21)16(15(21)18(27)23-2)20(29)25(11-12-26)17(22)19(28)24-13-14-7-5-4-6-8-14/h4-8,15-17,26H,3,9-13H2,1-2H3,(H,23,27)(H,24,28)/t15-,16-,17?,21+,22?/m0/s1. The number of hydrogen-bond acceptors (Lipinski definition) is 5. The number of aliphatic hydroxyl groups is 1. The van der Waals surface area contributed by atoms with Crippen molar-refractivity contribution in [2.24, 2.45) is 11.8 Å². The van der Waals surface area contributed by atoms with Gasteiger partial charge >= 0.3 is 0 Å². The molecule has 0 saturated carbocycles. The van der Waals surface area contributed by atoms with E-state index in [-0.39, 0.29) is 30.9 Å². The van der Waals surface area contributed by atoms with Crippen molar-refractivity contribution in [3.05, 3.63) is 35.9 Å². The molecule has 3 N–H and O–H groups in total. The fourth-order valence-electron chi connectivity index (χ4n) is 5.80. The lowest BCUT2D eigenvalue weighted by atomic mass is 9.65. The zero-order chi connectivity index (χ0) is 21.5. The van der Waals surface area contributed by atoms with Crippen LogP contribution >= 0.6 is 0 Å². The first-order chi connectivity index (χ1) is 14.4. The van der Waals surface area contributed by atoms with E-state index in [2.05, 4.69) is 10.6 Å². The summed E-state index contributed by atoms with van der Waals surface area (Å²) in [4.78, 5) is 41.0. The Morgan fingerprint density at radius 1 is 1.23 bits per heavy atom. The maximum Gasteiger partial charge on any atom is 0.246 e. The van der Waals surface area contributed by atoms with Crippen molar-refractivity contribution < 1.29 is 24.2 Å². The van der Waals surface area contributed by atoms with Crippen LogP contribution in [0.2, 0.25) is 0 Å². The van der Waals surface area contributed by atoms with Crippen molar-refractivity contribution in [1.29, 1.82) is 0 Å². The van der Waals surface area contributed by atoms with Crippen LogP contribution in [0.1, 0.15) is 31.7 Å². The fraction of sp³-hybridized carbons (Fsp3) is 0.591. The summed E-state index contributed by atoms with van der Waals surface area (Å²) in [6, 6.07) is 8.66. The number of fused-ring (bicyclic) bond motifs is 1. The third-order valence-corrected chi connectivity index (χ3v) is 7.11. The van der Waals surface area contributed by atoms with E-state index >= 15 is 0 Å². The summed E-state index contributed by atoms with van der Waals surface area (Å²) < 4.78 is 6.52. The molecule has 3 fully saturated rings. The van der Waals surface area contributed by atoms with Crippen LogP contribution in [0, 0.1) is 11.8 Å². The first-order valence-electron chi connectivity index (χ1n) is 10.6. The van der Waals surface area contributed by atoms with E-state index in [1.165, 1.54) is 4.90 Å². The van der Waals surface area contributed by atoms with Gasteiger partial charge in [-0.05, 0) is 24.8 Å². The zero-order valence-electron chi connectivity index (χ0n) is 17.4. The molecule has 1 aromatic carbocycles. The molecular weight excluding hydrogens is 386 g/mol. The monoisotopic (exact) mass is 415 g/mol. The van der Waals surface area contributed by atoms with Gasteiger partial charge in [0.1, 0.15) is 11.6 Å². The second-order valence-electron chi connectivity index (χ2n) is 8.41. The van der Waals surface area contributed by atoms with Crippen LogP contribution in [-0.4, -0.2) is 65.2 Å². The highest BCUT2D eigenvalue weighted by Crippen LogP contribution is 2.64. The lowest BCUT2D eigenvalue weighted by Gasteiger charge is -2.33. The topological polar surface area (TPSA) is 108 Å². The van der Waals surface area contributed by atoms with Crippen LogP contribution in [0.4, 0.5) is 0 Å². The molecule has 0 aromatic heterocycles. The number of ether oxygens (including phenoxy) is 1. The molecule has 1 spiro atoms. The van der Waals surface area contributed by atoms with E-state index in [1.54, 1.807) is 7.05 Å². The molecule has 1 aromatic rings. The van der Waals surface area contributed by atoms with E-state index in [1.807, 2.05) is 37.3 Å². The Kier molecular flexibility index (Phi) is 5.32. The molecule has 2 unspecified atom stereocenters. The predicted molar refractivity (Wildman–Crippen MR) is 108 cm³/mol. The predicted octanol–water partition coefficient (Wildman–Crippen LogP) is 0.196. The normalized spacial score (nSPS) is 34.2. The minimum absolute atomic E-state index is 0.0312. The van der Waals surface area contributed by atoms with Crippen molar-refractivity contribution in [3.63, 3.8) is 0 Å². The Bertz CT molecular complexity index is 846. The van der Waals surface area contributed by atoms with Crippen LogP contribution in [0.15, 0.2) is 30.3 Å². The van der Waals surface area contributed by atoms with E-state index in [4.69, 9.17) is 4.74 Å². The largest absolute Gasteiger partial charge is 0.395 e. The molecule has 4 rings (SSSR count). The number of carbonyl (C=O) groups is 3. The molecule has 3 aliphatic rings. The number of hydrogen-bond donors (Lipinski definition) is 3. The lowest BCUT2D eigenvalue weighted by Crippen LogP contribution is -2.55. The van der Waals surface area contributed by atoms with Gasteiger partial charge in [0, 0.05) is 20.1 Å². The summed E-state index contributed by atoms with van der Waals surface area (Å²) in [6.45, 7) is 2.05. The summed E-state index contributed by atoms with van der Waals surface area (Å²) in [6.07, 6.45) is 1.76. The van der Waals surface area contributed by atoms with Gasteiger partial charge in [-0.3, -0.25) is 14.4 Å². The Labute approximate surface area is 176 Å². The summed E-state index contributed by atoms with van der Waals surface area (Å²) >= 11 is 0. The van der Waals surface area contributed by atoms with Crippen LogP contribution < -0.4 is 10.6 Å². The summed E-state index contributed by atoms with van der Waals surface area (Å²) in [7, 11) is 1.55. The molecule has 8 nitrogen and oxygen atoms in total. The Morgan fingerprint density at radius 3 is 2.60 bits per heavy atom. The highest BCUT2D eigenvalue weighted by atomic mass is 16.5. The number of amides is 3. The Morgan fingerprint density at radius 2 is 1.97 bits per heavy atom. The molecule has 30 heavy (non-hydrogen) atoms. The zero-order valence-corrected chi connectivity index (χ0v) is 17.4. The second kappa shape index (κ2) is 7.67. The Balaban J connectivity index is 1.68. The van der Waals surface area contributed by atoms with Gasteiger partial charge < -0.3 is 25.4 Å². The van der Waals surface area contributed by atoms with Gasteiger partial charge in [0.15, 0.2) is 0 Å². The molecule has 3 aliphatic heterocycles. The Hall–Kier alpha value is -2.45. The minimum atomic E-state index is -1.04. The van der Waals surface area contributed by atoms with Crippen molar-refractivity contribution >= 4 is 17.7 Å². The number of rotatable bonds is 7. The summed E-state index contributed by atoms with van der Waals surface area (Å²) in [5.74, 6) is -2.18. The molecule has 5 atom stereocenters. The van der Waals surface area contributed by atoms with E-state index in [0.717, 1.165) is 5.56 Å². The fourth-order valence-corrected chi connectivity index (χ4v) is 5.80. The highest BCUT2D eigenvalue weighted by molar-refractivity contribution is 5.99. The molecule has 3 heterocycles. The number of aliphatic hydroxyl groups excluding tert-OH is 1. The molecule has 0 radical (unpaired) electrons. The van der Waals surface area contributed by atoms with Crippen molar-refractivity contribution in [2.45, 2.75) is 50.0 Å². The number of carbonyl (C=O) groups excluding carboxylic acids is 3. The van der Waals surface area contributed by atoms with E-state index in [0.29, 0.717) is 25.8 Å². The van der Waals surface area contributed by atoms with Crippen LogP contribution in [0.25, 0.3) is 0 Å². The number of nitrogens with zero attached hydrogens (tertiary/aromatic N) is 1. The SMILES string of the molecule is CC[C@]12CCC3(O1)C(C(=O)NCc1ccccc1)N(CCO)C(=O)[C@@H]3[C@H]2C(=O)NC. The van der Waals surface area contributed by atoms with Gasteiger partial charge in [0.05, 0.1) is 24.0 Å². The molecule has 0 aliphatic carbocycles. The van der Waals surface area contributed by atoms with Gasteiger partial charge in [0.2, 0.25) is 17.7 Å². The first-order valence-corrected chi connectivity index (χ1v) is 10.6. The molecular formula is C22H29N3O5. The second-order valence-corrected chi connectivity index (χ2v) is 8.41. The molecule has 2 bridgehead atoms. The smallest absolute Gasteiger partial charge is 0.246 e. The summed E-state index contributed by atoms with van der Waals surface area (Å²) in [5.41, 5.74) is -0.827. The lowest BCUT2D eigenvalue weighted by molar-refractivity contribution is -0.148. The molecule has 3 amide bonds. The average molecular weight is 415 g/mol. The maximum atomic E-state index is 13.4. The van der Waals surface area contributed by atoms with E-state index in [9.17, 15) is 19.5 Å². The number of nitrogens with one attached hydrogen (secondary N) is 2. The first kappa shape index (κ1) is 20.8. The van der Waals surface area contributed by atoms with Crippen molar-refractivity contribution in [2.75, 3.05) is 20.2 Å². The van der Waals surface area contributed by atoms with Gasteiger partial charge in [-0.25, -0.2) is 0 Å². The number of benzene rings is 1. The van der Waals surface area contributed by atoms with Gasteiger partial charge in [-0.2, -0.15) is 0 Å². The quantitative estimate of drug-likeness (QED) is 0.590. The average Bonchev–Trinajstić information content (AvgIpc) is 3.37. The van der Waals surface area contributed by atoms with Crippen LogP contribution in [-0.2, 0) is 25.7 Å². The number of likely N-dealkylation sites (tertiary alicyclic amines) is 1. The number of β-amino-alcohol motifs (C(OH)–C–C–N with tert-alkyl or cyclic N) is 1. The van der Waals surface area contributed by atoms with Crippen LogP contribution in [0.3, 0.4) is 0 Å². The van der Waals surface area contributed by atoms with Crippen LogP contribution in [0.5, 0.6) is 0 Å². The van der Waals surface area contributed by atoms with Gasteiger partial charge in [-0.1, -0.05) is 37.3 Å². The van der Waals surface area contributed by atoms with E-state index < -0.39 is 29.1 Å².